The van der Waals surface area contributed by atoms with Crippen molar-refractivity contribution in [3.63, 3.8) is 0 Å². The molecular weight excluding hydrogens is 424 g/mol. The number of hydrogen-bond acceptors (Lipinski definition) is 7. The van der Waals surface area contributed by atoms with E-state index in [9.17, 15) is 10.1 Å². The molecule has 1 aliphatic rings. The summed E-state index contributed by atoms with van der Waals surface area (Å²) in [6.07, 6.45) is 2.77. The molecule has 0 saturated carbocycles. The van der Waals surface area contributed by atoms with Crippen molar-refractivity contribution < 1.29 is 14.3 Å². The zero-order valence-electron chi connectivity index (χ0n) is 17.8. The van der Waals surface area contributed by atoms with Crippen LogP contribution in [0.3, 0.4) is 0 Å². The number of aromatic nitrogens is 1. The molecule has 0 spiro atoms. The lowest BCUT2D eigenvalue weighted by atomic mass is 10.1. The fourth-order valence-corrected chi connectivity index (χ4v) is 4.27. The zero-order valence-corrected chi connectivity index (χ0v) is 18.7. The molecule has 3 aromatic rings. The highest BCUT2D eigenvalue weighted by Gasteiger charge is 2.28. The Kier molecular flexibility index (Phi) is 6.47. The van der Waals surface area contributed by atoms with E-state index in [0.717, 1.165) is 46.4 Å². The number of thiazole rings is 1. The van der Waals surface area contributed by atoms with Crippen LogP contribution in [0.5, 0.6) is 5.75 Å². The summed E-state index contributed by atoms with van der Waals surface area (Å²) in [5.41, 5.74) is 2.70. The minimum absolute atomic E-state index is 0.0619. The number of hydrogen-bond donors (Lipinski definition) is 1. The summed E-state index contributed by atoms with van der Waals surface area (Å²) in [5, 5.41) is 13.4. The molecule has 4 rings (SSSR count). The van der Waals surface area contributed by atoms with Crippen LogP contribution in [0.1, 0.15) is 37.3 Å². The topological polar surface area (TPSA) is 96.6 Å². The third-order valence-corrected chi connectivity index (χ3v) is 5.95. The van der Waals surface area contributed by atoms with Crippen molar-refractivity contribution in [3.8, 4) is 11.8 Å². The molecule has 1 aromatic heterocycles. The fourth-order valence-electron chi connectivity index (χ4n) is 3.40. The summed E-state index contributed by atoms with van der Waals surface area (Å²) >= 11 is 1.43. The van der Waals surface area contributed by atoms with Crippen LogP contribution in [0.4, 0.5) is 5.13 Å². The van der Waals surface area contributed by atoms with Crippen LogP contribution in [-0.2, 0) is 9.53 Å². The SMILES string of the molecule is CCCCCOC(=O)/C(C#N)=C1/N/C(=N\c2nc3ccc(OC)cc3s2)c2ccccc21. The summed E-state index contributed by atoms with van der Waals surface area (Å²) in [4.78, 5) is 21.8. The van der Waals surface area contributed by atoms with Gasteiger partial charge in [-0.3, -0.25) is 0 Å². The van der Waals surface area contributed by atoms with Crippen molar-refractivity contribution in [2.24, 2.45) is 4.99 Å². The van der Waals surface area contributed by atoms with Crippen LogP contribution in [0.15, 0.2) is 53.0 Å². The van der Waals surface area contributed by atoms with Gasteiger partial charge in [0.15, 0.2) is 5.57 Å². The molecule has 0 saturated heterocycles. The van der Waals surface area contributed by atoms with E-state index in [4.69, 9.17) is 9.47 Å². The molecule has 0 aliphatic carbocycles. The van der Waals surface area contributed by atoms with Crippen LogP contribution < -0.4 is 10.1 Å². The number of carbonyl (C=O) groups is 1. The normalized spacial score (nSPS) is 15.2. The van der Waals surface area contributed by atoms with Gasteiger partial charge in [0.25, 0.3) is 0 Å². The molecule has 0 amide bonds. The number of nitriles is 1. The largest absolute Gasteiger partial charge is 0.497 e. The first-order valence-electron chi connectivity index (χ1n) is 10.4. The van der Waals surface area contributed by atoms with E-state index in [1.807, 2.05) is 48.5 Å². The van der Waals surface area contributed by atoms with Gasteiger partial charge in [-0.1, -0.05) is 55.4 Å². The number of benzene rings is 2. The van der Waals surface area contributed by atoms with Crippen LogP contribution in [-0.4, -0.2) is 30.5 Å². The zero-order chi connectivity index (χ0) is 22.5. The third-order valence-electron chi connectivity index (χ3n) is 5.03. The van der Waals surface area contributed by atoms with E-state index < -0.39 is 5.97 Å². The van der Waals surface area contributed by atoms with Gasteiger partial charge in [-0.25, -0.2) is 14.8 Å². The van der Waals surface area contributed by atoms with E-state index >= 15 is 0 Å². The first kappa shape index (κ1) is 21.5. The molecule has 0 bridgehead atoms. The van der Waals surface area contributed by atoms with Gasteiger partial charge in [-0.15, -0.1) is 0 Å². The van der Waals surface area contributed by atoms with Crippen molar-refractivity contribution in [3.05, 3.63) is 59.2 Å². The van der Waals surface area contributed by atoms with Crippen LogP contribution in [0, 0.1) is 11.3 Å². The fraction of sp³-hybridized carbons (Fsp3) is 0.250. The number of fused-ring (bicyclic) bond motifs is 2. The van der Waals surface area contributed by atoms with Gasteiger partial charge in [0, 0.05) is 11.1 Å². The van der Waals surface area contributed by atoms with Crippen LogP contribution in [0.2, 0.25) is 0 Å². The monoisotopic (exact) mass is 446 g/mol. The molecule has 0 atom stereocenters. The lowest BCUT2D eigenvalue weighted by molar-refractivity contribution is -0.138. The maximum absolute atomic E-state index is 12.6. The second kappa shape index (κ2) is 9.62. The van der Waals surface area contributed by atoms with Crippen LogP contribution >= 0.6 is 11.3 Å². The molecule has 0 radical (unpaired) electrons. The Morgan fingerprint density at radius 2 is 2.03 bits per heavy atom. The van der Waals surface area contributed by atoms with Crippen molar-refractivity contribution in [2.75, 3.05) is 13.7 Å². The Balaban J connectivity index is 1.68. The molecular formula is C24H22N4O3S. The van der Waals surface area contributed by atoms with Gasteiger partial charge in [0.2, 0.25) is 5.13 Å². The summed E-state index contributed by atoms with van der Waals surface area (Å²) < 4.78 is 11.6. The number of nitrogens with one attached hydrogen (secondary N) is 1. The number of aliphatic imine (C=N–C) groups is 1. The highest BCUT2D eigenvalue weighted by Crippen LogP contribution is 2.33. The number of unbranched alkanes of at least 4 members (excludes halogenated alkanes) is 2. The van der Waals surface area contributed by atoms with E-state index in [1.165, 1.54) is 11.3 Å². The van der Waals surface area contributed by atoms with E-state index in [1.54, 1.807) is 7.11 Å². The highest BCUT2D eigenvalue weighted by atomic mass is 32.1. The number of carbonyl (C=O) groups excluding carboxylic acids is 1. The third kappa shape index (κ3) is 4.34. The number of methoxy groups -OCH3 is 1. The molecule has 2 aromatic carbocycles. The second-order valence-corrected chi connectivity index (χ2v) is 8.18. The highest BCUT2D eigenvalue weighted by molar-refractivity contribution is 7.22. The van der Waals surface area contributed by atoms with Gasteiger partial charge in [0.1, 0.15) is 17.7 Å². The summed E-state index contributed by atoms with van der Waals surface area (Å²) in [7, 11) is 1.62. The first-order valence-corrected chi connectivity index (χ1v) is 11.2. The van der Waals surface area contributed by atoms with Crippen molar-refractivity contribution in [2.45, 2.75) is 26.2 Å². The maximum Gasteiger partial charge on any atom is 0.351 e. The molecule has 32 heavy (non-hydrogen) atoms. The molecule has 7 nitrogen and oxygen atoms in total. The number of nitrogens with zero attached hydrogens (tertiary/aromatic N) is 3. The average Bonchev–Trinajstić information content (AvgIpc) is 3.38. The molecule has 162 valence electrons. The van der Waals surface area contributed by atoms with Gasteiger partial charge in [-0.2, -0.15) is 5.26 Å². The number of ether oxygens (including phenoxy) is 2. The van der Waals surface area contributed by atoms with Crippen molar-refractivity contribution >= 4 is 44.2 Å². The molecule has 0 unspecified atom stereocenters. The smallest absolute Gasteiger partial charge is 0.351 e. The van der Waals surface area contributed by atoms with Crippen molar-refractivity contribution in [1.29, 1.82) is 5.26 Å². The van der Waals surface area contributed by atoms with E-state index in [-0.39, 0.29) is 5.57 Å². The molecule has 0 fully saturated rings. The van der Waals surface area contributed by atoms with E-state index in [0.29, 0.717) is 23.3 Å². The number of rotatable bonds is 7. The summed E-state index contributed by atoms with van der Waals surface area (Å²) in [6, 6.07) is 15.2. The first-order chi connectivity index (χ1) is 15.6. The Labute approximate surface area is 190 Å². The lowest BCUT2D eigenvalue weighted by Gasteiger charge is -2.06. The summed E-state index contributed by atoms with van der Waals surface area (Å²) in [5.74, 6) is 0.661. The quantitative estimate of drug-likeness (QED) is 0.239. The Morgan fingerprint density at radius 3 is 2.78 bits per heavy atom. The van der Waals surface area contributed by atoms with Gasteiger partial charge >= 0.3 is 5.97 Å². The summed E-state index contributed by atoms with van der Waals surface area (Å²) in [6.45, 7) is 2.37. The molecule has 2 heterocycles. The predicted octanol–water partition coefficient (Wildman–Crippen LogP) is 4.95. The van der Waals surface area contributed by atoms with Gasteiger partial charge in [-0.05, 0) is 24.6 Å². The lowest BCUT2D eigenvalue weighted by Crippen LogP contribution is -2.18. The Bertz CT molecular complexity index is 1270. The van der Waals surface area contributed by atoms with Crippen molar-refractivity contribution in [1.82, 2.24) is 10.3 Å². The number of amidine groups is 1. The van der Waals surface area contributed by atoms with Gasteiger partial charge in [0.05, 0.1) is 29.6 Å². The molecule has 8 heteroatoms. The van der Waals surface area contributed by atoms with Gasteiger partial charge < -0.3 is 14.8 Å². The second-order valence-electron chi connectivity index (χ2n) is 7.17. The number of esters is 1. The molecule has 1 N–H and O–H groups in total. The Hall–Kier alpha value is -3.70. The van der Waals surface area contributed by atoms with E-state index in [2.05, 4.69) is 22.2 Å². The Morgan fingerprint density at radius 1 is 1.22 bits per heavy atom. The minimum atomic E-state index is -0.630. The predicted molar refractivity (Wildman–Crippen MR) is 125 cm³/mol. The van der Waals surface area contributed by atoms with Crippen LogP contribution in [0.25, 0.3) is 15.9 Å². The average molecular weight is 447 g/mol. The molecule has 1 aliphatic heterocycles. The maximum atomic E-state index is 12.6. The standard InChI is InChI=1S/C24H22N4O3S/c1-3-4-7-12-31-23(29)18(14-25)21-16-8-5-6-9-17(16)22(27-21)28-24-26-19-11-10-15(30-2)13-20(19)32-24/h5-6,8-11,13H,3-4,7,12H2,1-2H3,(H,26,27,28)/b21-18+. The minimum Gasteiger partial charge on any atom is -0.497 e.